The van der Waals surface area contributed by atoms with Gasteiger partial charge in [-0.05, 0) is 75.4 Å². The van der Waals surface area contributed by atoms with Crippen molar-refractivity contribution in [1.82, 2.24) is 4.90 Å². The van der Waals surface area contributed by atoms with Crippen molar-refractivity contribution in [1.29, 1.82) is 0 Å². The molecule has 0 amide bonds. The molecule has 0 aromatic carbocycles. The highest BCUT2D eigenvalue weighted by molar-refractivity contribution is 5.81. The van der Waals surface area contributed by atoms with Gasteiger partial charge in [-0.2, -0.15) is 0 Å². The van der Waals surface area contributed by atoms with Crippen LogP contribution in [0.3, 0.4) is 0 Å². The lowest BCUT2D eigenvalue weighted by molar-refractivity contribution is -0.312. The number of aliphatic hydroxyl groups excluding tert-OH is 2. The van der Waals surface area contributed by atoms with Crippen molar-refractivity contribution >= 4 is 11.9 Å². The van der Waals surface area contributed by atoms with Crippen molar-refractivity contribution in [3.8, 4) is 0 Å². The lowest BCUT2D eigenvalue weighted by Gasteiger charge is -2.49. The van der Waals surface area contributed by atoms with Gasteiger partial charge in [-0.15, -0.1) is 0 Å². The van der Waals surface area contributed by atoms with Gasteiger partial charge in [-0.1, -0.05) is 20.8 Å². The molecule has 0 saturated carbocycles. The first kappa shape index (κ1) is 41.7. The van der Waals surface area contributed by atoms with E-state index < -0.39 is 89.4 Å². The monoisotopic (exact) mass is 742 g/mol. The van der Waals surface area contributed by atoms with Crippen molar-refractivity contribution in [3.63, 3.8) is 0 Å². The lowest BCUT2D eigenvalue weighted by atomic mass is 9.78. The zero-order valence-corrected chi connectivity index (χ0v) is 33.5. The van der Waals surface area contributed by atoms with Crippen LogP contribution in [0.2, 0.25) is 0 Å². The minimum absolute atomic E-state index is 0.185. The van der Waals surface area contributed by atoms with Gasteiger partial charge in [0.1, 0.15) is 46.8 Å². The second-order valence-electron chi connectivity index (χ2n) is 17.1. The summed E-state index contributed by atoms with van der Waals surface area (Å²) in [4.78, 5) is 21.0. The average Bonchev–Trinajstić information content (AvgIpc) is 3.84. The van der Waals surface area contributed by atoms with Crippen LogP contribution in [0.5, 0.6) is 0 Å². The van der Waals surface area contributed by atoms with Crippen molar-refractivity contribution < 1.29 is 58.0 Å². The van der Waals surface area contributed by atoms with Crippen LogP contribution in [0.1, 0.15) is 94.9 Å². The fourth-order valence-electron chi connectivity index (χ4n) is 9.28. The van der Waals surface area contributed by atoms with Gasteiger partial charge in [0.05, 0.1) is 36.9 Å². The number of cyclic esters (lactones) is 1. The van der Waals surface area contributed by atoms with E-state index in [1.165, 1.54) is 6.92 Å². The maximum Gasteiger partial charge on any atom is 0.311 e. The number of hydrogen-bond donors (Lipinski definition) is 3. The molecular formula is C38H66N2O12. The molecule has 5 aliphatic rings. The minimum atomic E-state index is -1.83. The van der Waals surface area contributed by atoms with Crippen LogP contribution >= 0.6 is 0 Å². The number of methoxy groups -OCH3 is 1. The third kappa shape index (κ3) is 7.55. The Kier molecular flexibility index (Phi) is 12.2. The molecule has 4 fully saturated rings. The largest absolute Gasteiger partial charge is 0.472 e. The maximum atomic E-state index is 14.2. The quantitative estimate of drug-likeness (QED) is 0.257. The van der Waals surface area contributed by atoms with Crippen molar-refractivity contribution in [2.75, 3.05) is 27.8 Å². The molecule has 5 rings (SSSR count). The molecule has 18 atom stereocenters. The van der Waals surface area contributed by atoms with Gasteiger partial charge in [0.2, 0.25) is 0 Å². The first-order valence-corrected chi connectivity index (χ1v) is 19.2. The third-order valence-electron chi connectivity index (χ3n) is 12.8. The van der Waals surface area contributed by atoms with E-state index in [1.807, 2.05) is 60.5 Å². The predicted octanol–water partition coefficient (Wildman–Crippen LogP) is 2.81. The highest BCUT2D eigenvalue weighted by atomic mass is 16.7. The van der Waals surface area contributed by atoms with Crippen LogP contribution in [0, 0.1) is 17.8 Å². The van der Waals surface area contributed by atoms with Gasteiger partial charge in [0.15, 0.2) is 18.5 Å². The number of fused-ring (bicyclic) bond motifs is 2. The lowest BCUT2D eigenvalue weighted by Crippen LogP contribution is -2.61. The molecule has 4 unspecified atom stereocenters. The number of nitrogens with zero attached hydrogens (tertiary/aromatic N) is 2. The van der Waals surface area contributed by atoms with Gasteiger partial charge in [0, 0.05) is 37.8 Å². The SMILES string of the molecule is CC[C@H]1OC(=O)[C@H](C)[C@@H](O[C@H]2CC(C)(OC)[C@]3(CO3)C(C)O2)[C@H](C)[C@@H](O[C@@H]2OC(C)C[C@@H](N(C)C)C2O)[C@]2(C)C[C@@H](C)/C(=N\[C@H](C)[C@@H](O)[C@]1(C)O)O2. The fraction of sp³-hybridized carbons (Fsp3) is 0.947. The first-order chi connectivity index (χ1) is 24.1. The molecule has 0 aliphatic carbocycles. The number of carbonyl (C=O) groups is 1. The number of hydrogen-bond acceptors (Lipinski definition) is 14. The standard InChI is InChI=1S/C38H66N2O12/c1-14-26-37(10,44)30(42)23(6)39-32-19(2)16-35(8,52-32)31(51-34-28(41)25(40(11)12)15-20(3)47-34)21(4)29(22(5)33(43)49-26)50-27-17-36(9,45-13)38(18-46-38)24(7)48-27/h19-31,34,41-42,44H,14-18H2,1-13H3/b39-32+/t19-,20?,21+,22-,23-,24?,25-,26-,27+,28?,29+,30-,31-,34+,35+,36?,37-,38+/m1/s1. The van der Waals surface area contributed by atoms with E-state index >= 15 is 0 Å². The number of likely N-dealkylation sites (N-methyl/N-ethyl adjacent to an activating group) is 1. The predicted molar refractivity (Wildman–Crippen MR) is 191 cm³/mol. The molecule has 14 heteroatoms. The number of epoxide rings is 1. The molecule has 300 valence electrons. The molecule has 0 aromatic rings. The van der Waals surface area contributed by atoms with Gasteiger partial charge in [-0.3, -0.25) is 4.79 Å². The van der Waals surface area contributed by atoms with E-state index in [-0.39, 0.29) is 30.6 Å². The Balaban J connectivity index is 1.60. The molecule has 3 N–H and O–H groups in total. The second kappa shape index (κ2) is 15.2. The van der Waals surface area contributed by atoms with E-state index in [9.17, 15) is 20.1 Å². The Morgan fingerprint density at radius 3 is 2.23 bits per heavy atom. The topological polar surface area (TPSA) is 170 Å². The smallest absolute Gasteiger partial charge is 0.311 e. The number of aliphatic hydroxyl groups is 3. The zero-order valence-electron chi connectivity index (χ0n) is 33.5. The number of carbonyl (C=O) groups excluding carboxylic acids is 1. The molecule has 1 spiro atoms. The summed E-state index contributed by atoms with van der Waals surface area (Å²) in [5.74, 6) is -1.89. The Hall–Kier alpha value is -1.46. The molecule has 14 nitrogen and oxygen atoms in total. The van der Waals surface area contributed by atoms with Crippen LogP contribution in [-0.2, 0) is 42.7 Å². The second-order valence-corrected chi connectivity index (χ2v) is 17.1. The summed E-state index contributed by atoms with van der Waals surface area (Å²) in [6.07, 6.45) is -5.84. The highest BCUT2D eigenvalue weighted by Crippen LogP contribution is 2.51. The molecule has 0 aromatic heterocycles. The van der Waals surface area contributed by atoms with Crippen molar-refractivity contribution in [3.05, 3.63) is 0 Å². The molecule has 52 heavy (non-hydrogen) atoms. The van der Waals surface area contributed by atoms with E-state index in [4.69, 9.17) is 42.9 Å². The van der Waals surface area contributed by atoms with Gasteiger partial charge in [0.25, 0.3) is 0 Å². The number of ether oxygens (including phenoxy) is 8. The summed E-state index contributed by atoms with van der Waals surface area (Å²) >= 11 is 0. The third-order valence-corrected chi connectivity index (χ3v) is 12.8. The van der Waals surface area contributed by atoms with Gasteiger partial charge in [-0.25, -0.2) is 4.99 Å². The van der Waals surface area contributed by atoms with Crippen LogP contribution in [0.4, 0.5) is 0 Å². The van der Waals surface area contributed by atoms with Crippen LogP contribution in [0.15, 0.2) is 4.99 Å². The Morgan fingerprint density at radius 1 is 1.00 bits per heavy atom. The molecular weight excluding hydrogens is 676 g/mol. The van der Waals surface area contributed by atoms with E-state index in [1.54, 1.807) is 27.9 Å². The molecule has 5 heterocycles. The molecule has 5 aliphatic heterocycles. The Morgan fingerprint density at radius 2 is 1.65 bits per heavy atom. The van der Waals surface area contributed by atoms with Crippen LogP contribution in [0.25, 0.3) is 0 Å². The number of rotatable bonds is 7. The molecule has 2 bridgehead atoms. The number of aliphatic imine (C=N–C) groups is 1. The minimum Gasteiger partial charge on any atom is -0.472 e. The van der Waals surface area contributed by atoms with E-state index in [2.05, 4.69) is 0 Å². The van der Waals surface area contributed by atoms with Crippen LogP contribution in [-0.4, -0.2) is 150 Å². The molecule has 4 saturated heterocycles. The summed E-state index contributed by atoms with van der Waals surface area (Å²) in [5, 5.41) is 34.7. The van der Waals surface area contributed by atoms with Crippen molar-refractivity contribution in [2.24, 2.45) is 22.7 Å². The number of esters is 1. The van der Waals surface area contributed by atoms with E-state index in [0.29, 0.717) is 31.8 Å². The average molecular weight is 743 g/mol. The zero-order chi connectivity index (χ0) is 38.7. The first-order valence-electron chi connectivity index (χ1n) is 19.2. The Labute approximate surface area is 309 Å². The summed E-state index contributed by atoms with van der Waals surface area (Å²) in [6.45, 7) is 18.9. The van der Waals surface area contributed by atoms with Crippen LogP contribution < -0.4 is 0 Å². The fourth-order valence-corrected chi connectivity index (χ4v) is 9.28. The highest BCUT2D eigenvalue weighted by Gasteiger charge is 2.67. The van der Waals surface area contributed by atoms with Crippen molar-refractivity contribution in [2.45, 2.75) is 185 Å². The Bertz CT molecular complexity index is 1290. The maximum absolute atomic E-state index is 14.2. The molecule has 0 radical (unpaired) electrons. The summed E-state index contributed by atoms with van der Waals surface area (Å²) < 4.78 is 51.3. The van der Waals surface area contributed by atoms with E-state index in [0.717, 1.165) is 0 Å². The summed E-state index contributed by atoms with van der Waals surface area (Å²) in [5.41, 5.74) is -4.20. The summed E-state index contributed by atoms with van der Waals surface area (Å²) in [6, 6.07) is -1.01. The summed E-state index contributed by atoms with van der Waals surface area (Å²) in [7, 11) is 5.49. The van der Waals surface area contributed by atoms with Gasteiger partial charge >= 0.3 is 5.97 Å². The van der Waals surface area contributed by atoms with Gasteiger partial charge < -0.3 is 58.1 Å². The normalized spacial score (nSPS) is 52.8.